The predicted octanol–water partition coefficient (Wildman–Crippen LogP) is 2.28. The lowest BCUT2D eigenvalue weighted by Crippen LogP contribution is -2.47. The van der Waals surface area contributed by atoms with E-state index in [2.05, 4.69) is 14.9 Å². The van der Waals surface area contributed by atoms with Gasteiger partial charge in [0, 0.05) is 42.8 Å². The Morgan fingerprint density at radius 2 is 1.88 bits per heavy atom. The van der Waals surface area contributed by atoms with Gasteiger partial charge in [0.15, 0.2) is 0 Å². The van der Waals surface area contributed by atoms with Crippen molar-refractivity contribution >= 4 is 27.5 Å². The Kier molecular flexibility index (Phi) is 8.50. The first-order chi connectivity index (χ1) is 15.3. The second-order valence-electron chi connectivity index (χ2n) is 7.52. The van der Waals surface area contributed by atoms with E-state index in [9.17, 15) is 13.2 Å². The van der Waals surface area contributed by atoms with Crippen molar-refractivity contribution in [2.45, 2.75) is 24.4 Å². The van der Waals surface area contributed by atoms with Gasteiger partial charge >= 0.3 is 0 Å². The average Bonchev–Trinajstić information content (AvgIpc) is 2.82. The van der Waals surface area contributed by atoms with Crippen molar-refractivity contribution in [3.63, 3.8) is 0 Å². The molecule has 2 aromatic carbocycles. The van der Waals surface area contributed by atoms with Crippen LogP contribution in [-0.4, -0.2) is 65.2 Å². The second-order valence-corrected chi connectivity index (χ2v) is 9.70. The molecule has 32 heavy (non-hydrogen) atoms. The summed E-state index contributed by atoms with van der Waals surface area (Å²) in [5.41, 5.74) is 0.995. The molecule has 10 heteroatoms. The summed E-state index contributed by atoms with van der Waals surface area (Å²) in [5.74, 6) is -0.186. The van der Waals surface area contributed by atoms with Gasteiger partial charge in [0.05, 0.1) is 20.3 Å². The topological polar surface area (TPSA) is 97.0 Å². The minimum absolute atomic E-state index is 0.0795. The molecule has 1 aliphatic heterocycles. The van der Waals surface area contributed by atoms with Crippen LogP contribution >= 0.6 is 11.6 Å². The maximum Gasteiger partial charge on any atom is 0.251 e. The number of nitrogens with one attached hydrogen (secondary N) is 2. The lowest BCUT2D eigenvalue weighted by molar-refractivity contribution is 0.0204. The Morgan fingerprint density at radius 1 is 1.19 bits per heavy atom. The first-order valence-corrected chi connectivity index (χ1v) is 12.2. The van der Waals surface area contributed by atoms with Crippen LogP contribution in [0.5, 0.6) is 5.75 Å². The molecule has 0 bridgehead atoms. The summed E-state index contributed by atoms with van der Waals surface area (Å²) in [7, 11) is -2.54. The molecule has 0 saturated carbocycles. The molecule has 3 rings (SSSR count). The van der Waals surface area contributed by atoms with Crippen LogP contribution in [0.3, 0.4) is 0 Å². The van der Waals surface area contributed by atoms with Crippen LogP contribution in [0.1, 0.15) is 22.8 Å². The summed E-state index contributed by atoms with van der Waals surface area (Å²) in [6.45, 7) is 5.57. The van der Waals surface area contributed by atoms with E-state index in [1.54, 1.807) is 30.3 Å². The number of methoxy groups -OCH3 is 1. The monoisotopic (exact) mass is 481 g/mol. The molecule has 2 N–H and O–H groups in total. The van der Waals surface area contributed by atoms with Gasteiger partial charge in [0.25, 0.3) is 5.91 Å². The molecule has 1 unspecified atom stereocenters. The van der Waals surface area contributed by atoms with Crippen LogP contribution < -0.4 is 14.8 Å². The number of nitrogens with zero attached hydrogens (tertiary/aromatic N) is 1. The molecule has 0 aliphatic carbocycles. The van der Waals surface area contributed by atoms with Gasteiger partial charge in [0.2, 0.25) is 10.0 Å². The van der Waals surface area contributed by atoms with Crippen LogP contribution in [0.2, 0.25) is 5.02 Å². The van der Waals surface area contributed by atoms with Gasteiger partial charge in [-0.3, -0.25) is 9.69 Å². The molecule has 0 spiro atoms. The van der Waals surface area contributed by atoms with Crippen LogP contribution in [0, 0.1) is 0 Å². The summed E-state index contributed by atoms with van der Waals surface area (Å²) in [5, 5.41) is 3.45. The molecule has 8 nitrogen and oxygen atoms in total. The summed E-state index contributed by atoms with van der Waals surface area (Å²) in [4.78, 5) is 14.8. The number of carbonyl (C=O) groups excluding carboxylic acids is 1. The number of amides is 1. The van der Waals surface area contributed by atoms with E-state index in [1.807, 2.05) is 6.92 Å². The van der Waals surface area contributed by atoms with E-state index >= 15 is 0 Å². The number of hydrogen-bond acceptors (Lipinski definition) is 6. The molecule has 0 radical (unpaired) electrons. The molecule has 1 aliphatic rings. The summed E-state index contributed by atoms with van der Waals surface area (Å²) in [6.07, 6.45) is 0. The largest absolute Gasteiger partial charge is 0.495 e. The molecule has 0 aromatic heterocycles. The fraction of sp³-hybridized carbons (Fsp3) is 0.409. The fourth-order valence-electron chi connectivity index (χ4n) is 3.38. The maximum absolute atomic E-state index is 12.9. The highest BCUT2D eigenvalue weighted by molar-refractivity contribution is 7.89. The standard InChI is InChI=1S/C22H28ClN3O5S/c1-16(26-9-11-31-12-10-26)14-24-22(27)18-5-8-20(30-2)21(13-18)32(28,29)25-15-17-3-6-19(23)7-4-17/h3-8,13,16,25H,9-12,14-15H2,1-2H3,(H,24,27). The van der Waals surface area contributed by atoms with Crippen molar-refractivity contribution in [1.82, 2.24) is 14.9 Å². The average molecular weight is 482 g/mol. The Balaban J connectivity index is 1.69. The van der Waals surface area contributed by atoms with Gasteiger partial charge in [-0.2, -0.15) is 0 Å². The van der Waals surface area contributed by atoms with Crippen molar-refractivity contribution in [1.29, 1.82) is 0 Å². The lowest BCUT2D eigenvalue weighted by Gasteiger charge is -2.32. The number of morpholine rings is 1. The highest BCUT2D eigenvalue weighted by Crippen LogP contribution is 2.25. The third-order valence-electron chi connectivity index (χ3n) is 5.32. The Bertz CT molecular complexity index is 1020. The number of ether oxygens (including phenoxy) is 2. The van der Waals surface area contributed by atoms with E-state index in [4.69, 9.17) is 21.1 Å². The molecule has 1 fully saturated rings. The summed E-state index contributed by atoms with van der Waals surface area (Å²) < 4.78 is 39.0. The van der Waals surface area contributed by atoms with Crippen LogP contribution in [0.25, 0.3) is 0 Å². The van der Waals surface area contributed by atoms with Gasteiger partial charge in [-0.25, -0.2) is 13.1 Å². The normalized spacial score (nSPS) is 15.8. The zero-order chi connectivity index (χ0) is 23.1. The van der Waals surface area contributed by atoms with Crippen molar-refractivity contribution in [3.8, 4) is 5.75 Å². The Labute approximate surface area is 193 Å². The zero-order valence-electron chi connectivity index (χ0n) is 18.1. The number of halogens is 1. The van der Waals surface area contributed by atoms with Gasteiger partial charge in [-0.15, -0.1) is 0 Å². The molecular weight excluding hydrogens is 454 g/mol. The first kappa shape index (κ1) is 24.5. The SMILES string of the molecule is COc1ccc(C(=O)NCC(C)N2CCOCC2)cc1S(=O)(=O)NCc1ccc(Cl)cc1. The van der Waals surface area contributed by atoms with E-state index in [0.717, 1.165) is 18.7 Å². The smallest absolute Gasteiger partial charge is 0.251 e. The van der Waals surface area contributed by atoms with Crippen LogP contribution in [0.4, 0.5) is 0 Å². The molecule has 1 saturated heterocycles. The minimum Gasteiger partial charge on any atom is -0.495 e. The lowest BCUT2D eigenvalue weighted by atomic mass is 10.2. The Morgan fingerprint density at radius 3 is 2.53 bits per heavy atom. The number of rotatable bonds is 9. The second kappa shape index (κ2) is 11.1. The van der Waals surface area contributed by atoms with E-state index < -0.39 is 10.0 Å². The number of benzene rings is 2. The van der Waals surface area contributed by atoms with Gasteiger partial charge in [-0.1, -0.05) is 23.7 Å². The molecule has 1 amide bonds. The first-order valence-electron chi connectivity index (χ1n) is 10.3. The van der Waals surface area contributed by atoms with E-state index in [1.165, 1.54) is 19.2 Å². The van der Waals surface area contributed by atoms with E-state index in [0.29, 0.717) is 24.8 Å². The predicted molar refractivity (Wildman–Crippen MR) is 123 cm³/mol. The third kappa shape index (κ3) is 6.43. The highest BCUT2D eigenvalue weighted by atomic mass is 35.5. The maximum atomic E-state index is 12.9. The minimum atomic E-state index is -3.93. The van der Waals surface area contributed by atoms with Crippen LogP contribution in [-0.2, 0) is 21.3 Å². The quantitative estimate of drug-likeness (QED) is 0.570. The number of carbonyl (C=O) groups is 1. The van der Waals surface area contributed by atoms with Crippen molar-refractivity contribution < 1.29 is 22.7 Å². The van der Waals surface area contributed by atoms with Gasteiger partial charge in [-0.05, 0) is 42.8 Å². The zero-order valence-corrected chi connectivity index (χ0v) is 19.7. The molecule has 1 heterocycles. The molecule has 2 aromatic rings. The number of hydrogen-bond donors (Lipinski definition) is 2. The molecule has 1 atom stereocenters. The van der Waals surface area contributed by atoms with Gasteiger partial charge in [0.1, 0.15) is 10.6 Å². The highest BCUT2D eigenvalue weighted by Gasteiger charge is 2.22. The van der Waals surface area contributed by atoms with Crippen LogP contribution in [0.15, 0.2) is 47.4 Å². The fourth-order valence-corrected chi connectivity index (χ4v) is 4.71. The van der Waals surface area contributed by atoms with Crippen molar-refractivity contribution in [2.75, 3.05) is 40.0 Å². The number of sulfonamides is 1. The van der Waals surface area contributed by atoms with Crippen molar-refractivity contribution in [3.05, 3.63) is 58.6 Å². The van der Waals surface area contributed by atoms with Crippen molar-refractivity contribution in [2.24, 2.45) is 0 Å². The summed E-state index contributed by atoms with van der Waals surface area (Å²) >= 11 is 5.87. The summed E-state index contributed by atoms with van der Waals surface area (Å²) in [6, 6.07) is 11.4. The molecule has 174 valence electrons. The van der Waals surface area contributed by atoms with Gasteiger partial charge < -0.3 is 14.8 Å². The Hall–Kier alpha value is -2.17. The van der Waals surface area contributed by atoms with E-state index in [-0.39, 0.29) is 34.7 Å². The third-order valence-corrected chi connectivity index (χ3v) is 7.00. The molecular formula is C22H28ClN3O5S.